The molecule has 6 heteroatoms. The maximum Gasteiger partial charge on any atom is 0.300 e. The molecule has 0 bridgehead atoms. The molecule has 37 heavy (non-hydrogen) atoms. The molecule has 3 aromatic rings. The maximum atomic E-state index is 13.6. The van der Waals surface area contributed by atoms with Gasteiger partial charge in [-0.3, -0.25) is 14.5 Å². The molecule has 1 atom stereocenters. The fourth-order valence-corrected chi connectivity index (χ4v) is 5.01. The van der Waals surface area contributed by atoms with Crippen molar-refractivity contribution in [1.29, 1.82) is 0 Å². The van der Waals surface area contributed by atoms with Gasteiger partial charge in [-0.15, -0.1) is 0 Å². The molecule has 1 N–H and O–H groups in total. The zero-order chi connectivity index (χ0) is 26.9. The summed E-state index contributed by atoms with van der Waals surface area (Å²) >= 11 is 0. The number of hydrogen-bond acceptors (Lipinski definition) is 5. The Morgan fingerprint density at radius 3 is 2.19 bits per heavy atom. The first-order valence-corrected chi connectivity index (χ1v) is 12.6. The van der Waals surface area contributed by atoms with Crippen LogP contribution in [0.4, 0.5) is 11.4 Å². The molecule has 192 valence electrons. The van der Waals surface area contributed by atoms with Gasteiger partial charge < -0.3 is 14.7 Å². The van der Waals surface area contributed by atoms with E-state index in [1.54, 1.807) is 25.3 Å². The maximum absolute atomic E-state index is 13.6. The van der Waals surface area contributed by atoms with Gasteiger partial charge in [0.2, 0.25) is 0 Å². The topological polar surface area (TPSA) is 70.1 Å². The summed E-state index contributed by atoms with van der Waals surface area (Å²) in [6.07, 6.45) is 0. The lowest BCUT2D eigenvalue weighted by Gasteiger charge is -2.28. The van der Waals surface area contributed by atoms with Crippen LogP contribution in [0.5, 0.6) is 5.75 Å². The molecule has 6 nitrogen and oxygen atoms in total. The van der Waals surface area contributed by atoms with Crippen molar-refractivity contribution in [3.05, 3.63) is 94.1 Å². The number of ketones is 1. The van der Waals surface area contributed by atoms with E-state index >= 15 is 0 Å². The first kappa shape index (κ1) is 26.0. The number of amides is 1. The predicted octanol–water partition coefficient (Wildman–Crippen LogP) is 6.09. The summed E-state index contributed by atoms with van der Waals surface area (Å²) in [5.41, 5.74) is 5.63. The molecule has 1 saturated heterocycles. The second-order valence-electron chi connectivity index (χ2n) is 9.40. The van der Waals surface area contributed by atoms with Crippen molar-refractivity contribution < 1.29 is 19.4 Å². The van der Waals surface area contributed by atoms with Crippen LogP contribution in [0, 0.1) is 20.8 Å². The lowest BCUT2D eigenvalue weighted by atomic mass is 9.93. The summed E-state index contributed by atoms with van der Waals surface area (Å²) in [5.74, 6) is -0.900. The minimum absolute atomic E-state index is 0.0785. The van der Waals surface area contributed by atoms with E-state index < -0.39 is 17.7 Å². The number of hydrogen-bond donors (Lipinski definition) is 1. The van der Waals surface area contributed by atoms with Crippen LogP contribution in [0.2, 0.25) is 0 Å². The minimum Gasteiger partial charge on any atom is -0.507 e. The zero-order valence-electron chi connectivity index (χ0n) is 22.3. The summed E-state index contributed by atoms with van der Waals surface area (Å²) < 4.78 is 5.30. The first-order valence-electron chi connectivity index (χ1n) is 12.6. The first-order chi connectivity index (χ1) is 17.7. The average molecular weight is 499 g/mol. The Morgan fingerprint density at radius 1 is 0.919 bits per heavy atom. The van der Waals surface area contributed by atoms with E-state index in [2.05, 4.69) is 18.7 Å². The van der Waals surface area contributed by atoms with Crippen LogP contribution in [0.15, 0.2) is 66.2 Å². The number of ether oxygens (including phenoxy) is 1. The molecule has 1 amide bonds. The predicted molar refractivity (Wildman–Crippen MR) is 148 cm³/mol. The third-order valence-electron chi connectivity index (χ3n) is 7.09. The highest BCUT2D eigenvalue weighted by Crippen LogP contribution is 2.44. The standard InChI is InChI=1S/C31H34N2O4/c1-7-32(8-2)23-13-11-22(12-14-23)28-27(29(34)25-16-15-24(37-6)18-21(25)5)30(35)31(36)33(28)26-17-19(3)9-10-20(26)4/h9-18,28,34H,7-8H2,1-6H3/b29-27-. The van der Waals surface area contributed by atoms with Crippen molar-refractivity contribution in [2.75, 3.05) is 30.0 Å². The Kier molecular flexibility index (Phi) is 7.39. The van der Waals surface area contributed by atoms with Crippen LogP contribution >= 0.6 is 0 Å². The molecule has 1 fully saturated rings. The molecule has 0 radical (unpaired) electrons. The molecule has 0 aliphatic carbocycles. The number of carbonyl (C=O) groups excluding carboxylic acids is 2. The molecule has 1 heterocycles. The Balaban J connectivity index is 1.95. The highest BCUT2D eigenvalue weighted by Gasteiger charge is 2.47. The highest BCUT2D eigenvalue weighted by molar-refractivity contribution is 6.51. The van der Waals surface area contributed by atoms with Crippen molar-refractivity contribution in [2.45, 2.75) is 40.7 Å². The number of aliphatic hydroxyl groups excluding tert-OH is 1. The zero-order valence-corrected chi connectivity index (χ0v) is 22.3. The number of aryl methyl sites for hydroxylation is 3. The van der Waals surface area contributed by atoms with E-state index in [1.807, 2.05) is 63.2 Å². The van der Waals surface area contributed by atoms with Gasteiger partial charge in [0, 0.05) is 30.0 Å². The monoisotopic (exact) mass is 498 g/mol. The fraction of sp³-hybridized carbons (Fsp3) is 0.290. The van der Waals surface area contributed by atoms with Crippen molar-refractivity contribution in [2.24, 2.45) is 0 Å². The van der Waals surface area contributed by atoms with E-state index in [9.17, 15) is 14.7 Å². The van der Waals surface area contributed by atoms with Crippen LogP contribution < -0.4 is 14.5 Å². The van der Waals surface area contributed by atoms with E-state index in [-0.39, 0.29) is 11.3 Å². The van der Waals surface area contributed by atoms with Crippen molar-refractivity contribution in [3.63, 3.8) is 0 Å². The molecule has 0 aromatic heterocycles. The lowest BCUT2D eigenvalue weighted by Crippen LogP contribution is -2.30. The number of carbonyl (C=O) groups is 2. The summed E-state index contributed by atoms with van der Waals surface area (Å²) in [7, 11) is 1.58. The second kappa shape index (κ2) is 10.5. The van der Waals surface area contributed by atoms with Crippen molar-refractivity contribution in [3.8, 4) is 5.75 Å². The van der Waals surface area contributed by atoms with Gasteiger partial charge in [-0.05, 0) is 93.3 Å². The normalized spacial score (nSPS) is 16.8. The molecule has 1 unspecified atom stereocenters. The van der Waals surface area contributed by atoms with E-state index in [4.69, 9.17) is 4.74 Å². The number of nitrogens with zero attached hydrogens (tertiary/aromatic N) is 2. The largest absolute Gasteiger partial charge is 0.507 e. The number of methoxy groups -OCH3 is 1. The quantitative estimate of drug-likeness (QED) is 0.242. The van der Waals surface area contributed by atoms with Gasteiger partial charge in [0.1, 0.15) is 11.5 Å². The van der Waals surface area contributed by atoms with Crippen molar-refractivity contribution in [1.82, 2.24) is 0 Å². The number of rotatable bonds is 7. The van der Waals surface area contributed by atoms with E-state index in [0.717, 1.165) is 41.0 Å². The lowest BCUT2D eigenvalue weighted by molar-refractivity contribution is -0.132. The summed E-state index contributed by atoms with van der Waals surface area (Å²) in [4.78, 5) is 30.9. The third-order valence-corrected chi connectivity index (χ3v) is 7.09. The van der Waals surface area contributed by atoms with Gasteiger partial charge in [-0.2, -0.15) is 0 Å². The summed E-state index contributed by atoms with van der Waals surface area (Å²) in [5, 5.41) is 11.5. The van der Waals surface area contributed by atoms with Gasteiger partial charge in [0.05, 0.1) is 18.7 Å². The number of aliphatic hydroxyl groups is 1. The Labute approximate surface area is 218 Å². The van der Waals surface area contributed by atoms with Gasteiger partial charge in [-0.25, -0.2) is 0 Å². The van der Waals surface area contributed by atoms with Crippen LogP contribution in [0.25, 0.3) is 5.76 Å². The van der Waals surface area contributed by atoms with Crippen LogP contribution in [-0.2, 0) is 9.59 Å². The molecule has 1 aliphatic heterocycles. The van der Waals surface area contributed by atoms with Crippen molar-refractivity contribution >= 4 is 28.8 Å². The smallest absolute Gasteiger partial charge is 0.300 e. The third kappa shape index (κ3) is 4.71. The SMILES string of the molecule is CCN(CC)c1ccc(C2/C(=C(/O)c3ccc(OC)cc3C)C(=O)C(=O)N2c2cc(C)ccc2C)cc1. The molecule has 0 spiro atoms. The van der Waals surface area contributed by atoms with Crippen LogP contribution in [0.1, 0.15) is 47.7 Å². The number of benzene rings is 3. The number of anilines is 2. The fourth-order valence-electron chi connectivity index (χ4n) is 5.01. The molecule has 3 aromatic carbocycles. The Bertz CT molecular complexity index is 1370. The van der Waals surface area contributed by atoms with E-state index in [1.165, 1.54) is 4.90 Å². The van der Waals surface area contributed by atoms with Gasteiger partial charge in [0.25, 0.3) is 11.7 Å². The summed E-state index contributed by atoms with van der Waals surface area (Å²) in [6, 6.07) is 18.2. The average Bonchev–Trinajstić information content (AvgIpc) is 3.16. The van der Waals surface area contributed by atoms with Crippen LogP contribution in [-0.4, -0.2) is 37.0 Å². The molecule has 1 aliphatic rings. The van der Waals surface area contributed by atoms with Gasteiger partial charge >= 0.3 is 0 Å². The minimum atomic E-state index is -0.771. The van der Waals surface area contributed by atoms with Gasteiger partial charge in [-0.1, -0.05) is 24.3 Å². The van der Waals surface area contributed by atoms with Gasteiger partial charge in [0.15, 0.2) is 0 Å². The molecule has 0 saturated carbocycles. The van der Waals surface area contributed by atoms with Crippen LogP contribution in [0.3, 0.4) is 0 Å². The second-order valence-corrected chi connectivity index (χ2v) is 9.40. The highest BCUT2D eigenvalue weighted by atomic mass is 16.5. The molecular weight excluding hydrogens is 464 g/mol. The Morgan fingerprint density at radius 2 is 1.59 bits per heavy atom. The summed E-state index contributed by atoms with van der Waals surface area (Å²) in [6.45, 7) is 11.7. The molecular formula is C31H34N2O4. The molecule has 4 rings (SSSR count). The Hall–Kier alpha value is -4.06. The van der Waals surface area contributed by atoms with E-state index in [0.29, 0.717) is 17.0 Å². The number of Topliss-reactive ketones (excluding diaryl/α,β-unsaturated/α-hetero) is 1.